The van der Waals surface area contributed by atoms with Gasteiger partial charge in [0.25, 0.3) is 0 Å². The predicted molar refractivity (Wildman–Crippen MR) is 101 cm³/mol. The molecule has 1 atom stereocenters. The van der Waals surface area contributed by atoms with E-state index < -0.39 is 6.10 Å². The van der Waals surface area contributed by atoms with Gasteiger partial charge in [0, 0.05) is 44.2 Å². The van der Waals surface area contributed by atoms with E-state index in [1.165, 1.54) is 0 Å². The second-order valence-corrected chi connectivity index (χ2v) is 7.28. The third-order valence-corrected chi connectivity index (χ3v) is 4.49. The molecule has 1 amide bonds. The molecule has 6 nitrogen and oxygen atoms in total. The van der Waals surface area contributed by atoms with Crippen LogP contribution in [0.2, 0.25) is 5.02 Å². The Bertz CT molecular complexity index is 575. The minimum absolute atomic E-state index is 0.218. The van der Waals surface area contributed by atoms with E-state index in [-0.39, 0.29) is 19.1 Å². The molecule has 0 aromatic heterocycles. The zero-order valence-electron chi connectivity index (χ0n) is 14.9. The van der Waals surface area contributed by atoms with Crippen LogP contribution in [0.15, 0.2) is 18.2 Å². The van der Waals surface area contributed by atoms with Crippen LogP contribution in [0.1, 0.15) is 20.3 Å². The molecule has 0 radical (unpaired) electrons. The number of halogens is 1. The number of aliphatic hydroxyl groups is 2. The molecule has 1 unspecified atom stereocenters. The Morgan fingerprint density at radius 2 is 1.96 bits per heavy atom. The van der Waals surface area contributed by atoms with Gasteiger partial charge in [0.1, 0.15) is 0 Å². The van der Waals surface area contributed by atoms with E-state index in [0.29, 0.717) is 30.5 Å². The smallest absolute Gasteiger partial charge is 0.222 e. The molecule has 0 aliphatic carbocycles. The Morgan fingerprint density at radius 3 is 2.56 bits per heavy atom. The number of piperazine rings is 1. The molecule has 0 bridgehead atoms. The average molecular weight is 370 g/mol. The molecule has 1 heterocycles. The minimum Gasteiger partial charge on any atom is -0.394 e. The lowest BCUT2D eigenvalue weighted by Gasteiger charge is -2.37. The summed E-state index contributed by atoms with van der Waals surface area (Å²) in [7, 11) is 0. The Labute approximate surface area is 154 Å². The molecule has 1 aromatic rings. The van der Waals surface area contributed by atoms with Gasteiger partial charge in [-0.2, -0.15) is 0 Å². The van der Waals surface area contributed by atoms with Gasteiger partial charge in [-0.15, -0.1) is 0 Å². The lowest BCUT2D eigenvalue weighted by molar-refractivity contribution is -0.132. The number of carbonyl (C=O) groups is 1. The van der Waals surface area contributed by atoms with E-state index in [1.807, 2.05) is 23.1 Å². The van der Waals surface area contributed by atoms with E-state index in [4.69, 9.17) is 16.7 Å². The molecule has 25 heavy (non-hydrogen) atoms. The number of nitrogens with one attached hydrogen (secondary N) is 1. The van der Waals surface area contributed by atoms with Crippen LogP contribution >= 0.6 is 11.6 Å². The molecule has 7 heteroatoms. The van der Waals surface area contributed by atoms with Crippen LogP contribution < -0.4 is 10.2 Å². The lowest BCUT2D eigenvalue weighted by Crippen LogP contribution is -2.49. The van der Waals surface area contributed by atoms with Crippen LogP contribution in [-0.2, 0) is 4.79 Å². The number of amides is 1. The molecule has 1 fully saturated rings. The highest BCUT2D eigenvalue weighted by molar-refractivity contribution is 6.31. The third kappa shape index (κ3) is 5.76. The largest absolute Gasteiger partial charge is 0.394 e. The van der Waals surface area contributed by atoms with Crippen molar-refractivity contribution in [2.75, 3.05) is 49.5 Å². The van der Waals surface area contributed by atoms with Gasteiger partial charge in [-0.05, 0) is 24.1 Å². The standard InChI is InChI=1S/C18H28ClN3O3/c1-13(2)9-18(25)22-7-5-21(6-8-22)17-4-3-14(19)10-16(17)20-11-15(24)12-23/h3-4,10,13,15,20,23-24H,5-9,11-12H2,1-2H3. The Kier molecular flexibility index (Phi) is 7.35. The van der Waals surface area contributed by atoms with Gasteiger partial charge in [0.15, 0.2) is 0 Å². The molecule has 2 rings (SSSR count). The summed E-state index contributed by atoms with van der Waals surface area (Å²) in [6.45, 7) is 6.97. The summed E-state index contributed by atoms with van der Waals surface area (Å²) in [6, 6.07) is 5.60. The molecule has 0 saturated carbocycles. The number of anilines is 2. The molecule has 1 aliphatic heterocycles. The maximum atomic E-state index is 12.2. The van der Waals surface area contributed by atoms with Crippen LogP contribution in [0.5, 0.6) is 0 Å². The topological polar surface area (TPSA) is 76.0 Å². The van der Waals surface area contributed by atoms with Crippen molar-refractivity contribution in [3.63, 3.8) is 0 Å². The second-order valence-electron chi connectivity index (χ2n) is 6.84. The summed E-state index contributed by atoms with van der Waals surface area (Å²) < 4.78 is 0. The molecule has 1 saturated heterocycles. The number of aliphatic hydroxyl groups excluding tert-OH is 2. The number of nitrogens with zero attached hydrogens (tertiary/aromatic N) is 2. The van der Waals surface area contributed by atoms with Crippen molar-refractivity contribution in [2.45, 2.75) is 26.4 Å². The maximum Gasteiger partial charge on any atom is 0.222 e. The monoisotopic (exact) mass is 369 g/mol. The number of rotatable bonds is 7. The zero-order chi connectivity index (χ0) is 18.4. The fourth-order valence-electron chi connectivity index (χ4n) is 2.89. The molecule has 3 N–H and O–H groups in total. The van der Waals surface area contributed by atoms with Crippen LogP contribution in [0.25, 0.3) is 0 Å². The van der Waals surface area contributed by atoms with Crippen molar-refractivity contribution in [3.8, 4) is 0 Å². The summed E-state index contributed by atoms with van der Waals surface area (Å²) in [4.78, 5) is 16.3. The van der Waals surface area contributed by atoms with Gasteiger partial charge < -0.3 is 25.3 Å². The number of hydrogen-bond donors (Lipinski definition) is 3. The predicted octanol–water partition coefficient (Wildman–Crippen LogP) is 1.80. The summed E-state index contributed by atoms with van der Waals surface area (Å²) in [5.41, 5.74) is 1.81. The highest BCUT2D eigenvalue weighted by Crippen LogP contribution is 2.30. The lowest BCUT2D eigenvalue weighted by atomic mass is 10.1. The van der Waals surface area contributed by atoms with Gasteiger partial charge >= 0.3 is 0 Å². The van der Waals surface area contributed by atoms with Crippen LogP contribution in [0, 0.1) is 5.92 Å². The minimum atomic E-state index is -0.822. The summed E-state index contributed by atoms with van der Waals surface area (Å²) >= 11 is 6.09. The first-order valence-corrected chi connectivity index (χ1v) is 9.13. The van der Waals surface area contributed by atoms with E-state index in [2.05, 4.69) is 24.1 Å². The number of hydrogen-bond acceptors (Lipinski definition) is 5. The zero-order valence-corrected chi connectivity index (χ0v) is 15.7. The highest BCUT2D eigenvalue weighted by atomic mass is 35.5. The van der Waals surface area contributed by atoms with Crippen LogP contribution in [0.3, 0.4) is 0 Å². The molecule has 140 valence electrons. The van der Waals surface area contributed by atoms with Gasteiger partial charge in [0.2, 0.25) is 5.91 Å². The van der Waals surface area contributed by atoms with Gasteiger partial charge in [-0.1, -0.05) is 25.4 Å². The van der Waals surface area contributed by atoms with Gasteiger partial charge in [-0.25, -0.2) is 0 Å². The molecule has 0 spiro atoms. The van der Waals surface area contributed by atoms with Gasteiger partial charge in [0.05, 0.1) is 24.1 Å². The molecular weight excluding hydrogens is 342 g/mol. The average Bonchev–Trinajstić information content (AvgIpc) is 2.59. The van der Waals surface area contributed by atoms with E-state index in [9.17, 15) is 9.90 Å². The summed E-state index contributed by atoms with van der Waals surface area (Å²) in [5, 5.41) is 22.3. The van der Waals surface area contributed by atoms with Crippen molar-refractivity contribution in [2.24, 2.45) is 5.92 Å². The Hall–Kier alpha value is -1.50. The van der Waals surface area contributed by atoms with Crippen molar-refractivity contribution in [1.82, 2.24) is 4.90 Å². The highest BCUT2D eigenvalue weighted by Gasteiger charge is 2.23. The summed E-state index contributed by atoms with van der Waals surface area (Å²) in [5.74, 6) is 0.589. The SMILES string of the molecule is CC(C)CC(=O)N1CCN(c2ccc(Cl)cc2NCC(O)CO)CC1. The first-order valence-electron chi connectivity index (χ1n) is 8.75. The first-order chi connectivity index (χ1) is 11.9. The van der Waals surface area contributed by atoms with Crippen LogP contribution in [-0.4, -0.2) is 66.5 Å². The van der Waals surface area contributed by atoms with Crippen molar-refractivity contribution < 1.29 is 15.0 Å². The molecular formula is C18H28ClN3O3. The Morgan fingerprint density at radius 1 is 1.28 bits per heavy atom. The number of benzene rings is 1. The second kappa shape index (κ2) is 9.27. The maximum absolute atomic E-state index is 12.2. The fourth-order valence-corrected chi connectivity index (χ4v) is 3.07. The molecule has 1 aromatic carbocycles. The third-order valence-electron chi connectivity index (χ3n) is 4.25. The normalized spacial score (nSPS) is 16.2. The molecule has 1 aliphatic rings. The quantitative estimate of drug-likeness (QED) is 0.683. The van der Waals surface area contributed by atoms with E-state index in [1.54, 1.807) is 0 Å². The summed E-state index contributed by atoms with van der Waals surface area (Å²) in [6.07, 6.45) is -0.232. The van der Waals surface area contributed by atoms with Crippen molar-refractivity contribution in [3.05, 3.63) is 23.2 Å². The van der Waals surface area contributed by atoms with E-state index in [0.717, 1.165) is 24.5 Å². The van der Waals surface area contributed by atoms with Gasteiger partial charge in [-0.3, -0.25) is 4.79 Å². The van der Waals surface area contributed by atoms with Crippen LogP contribution in [0.4, 0.5) is 11.4 Å². The van der Waals surface area contributed by atoms with E-state index >= 15 is 0 Å². The van der Waals surface area contributed by atoms with Crippen molar-refractivity contribution >= 4 is 28.9 Å². The fraction of sp³-hybridized carbons (Fsp3) is 0.611. The first kappa shape index (κ1) is 19.8. The Balaban J connectivity index is 2.01. The van der Waals surface area contributed by atoms with Crippen molar-refractivity contribution in [1.29, 1.82) is 0 Å². The number of carbonyl (C=O) groups excluding carboxylic acids is 1.